The Kier molecular flexibility index (Phi) is 8.33. The van der Waals surface area contributed by atoms with E-state index in [1.807, 2.05) is 0 Å². The third kappa shape index (κ3) is 5.97. The van der Waals surface area contributed by atoms with Crippen molar-refractivity contribution in [3.63, 3.8) is 0 Å². The van der Waals surface area contributed by atoms with Crippen LogP contribution >= 0.6 is 0 Å². The summed E-state index contributed by atoms with van der Waals surface area (Å²) in [4.78, 5) is 4.76. The number of fused-ring (bicyclic) bond motifs is 14. The second kappa shape index (κ2) is 15.1. The third-order valence-electron chi connectivity index (χ3n) is 14.5. The predicted octanol–water partition coefficient (Wildman–Crippen LogP) is 19.3. The summed E-state index contributed by atoms with van der Waals surface area (Å²) in [5, 5.41) is 18.5. The molecule has 15 rings (SSSR count). The quantitative estimate of drug-likeness (QED) is 0.156. The van der Waals surface area contributed by atoms with E-state index in [1.165, 1.54) is 43.1 Å². The van der Waals surface area contributed by atoms with Gasteiger partial charge >= 0.3 is 0 Å². The van der Waals surface area contributed by atoms with E-state index in [4.69, 9.17) is 8.83 Å². The van der Waals surface area contributed by atoms with Gasteiger partial charge in [-0.15, -0.1) is 0 Å². The highest BCUT2D eigenvalue weighted by molar-refractivity contribution is 6.20. The number of para-hydroxylation sites is 2. The zero-order chi connectivity index (χ0) is 45.9. The molecule has 0 unspecified atom stereocenters. The minimum Gasteiger partial charge on any atom is -0.456 e. The van der Waals surface area contributed by atoms with Crippen molar-refractivity contribution in [2.24, 2.45) is 0 Å². The minimum absolute atomic E-state index is 0.839. The molecular weight excluding hydrogens is 853 g/mol. The Morgan fingerprint density at radius 1 is 0.214 bits per heavy atom. The van der Waals surface area contributed by atoms with Crippen LogP contribution in [-0.4, -0.2) is 0 Å². The smallest absolute Gasteiger partial charge is 0.136 e. The number of furan rings is 2. The van der Waals surface area contributed by atoms with Crippen LogP contribution < -0.4 is 9.80 Å². The van der Waals surface area contributed by atoms with Crippen molar-refractivity contribution >= 4 is 143 Å². The normalized spacial score (nSPS) is 12.0. The summed E-state index contributed by atoms with van der Waals surface area (Å²) < 4.78 is 13.5. The van der Waals surface area contributed by atoms with Crippen molar-refractivity contribution in [1.29, 1.82) is 0 Å². The molecule has 0 fully saturated rings. The number of benzene rings is 13. The molecule has 326 valence electrons. The summed E-state index contributed by atoms with van der Waals surface area (Å²) in [6, 6.07) is 87.5. The van der Waals surface area contributed by atoms with Gasteiger partial charge in [0, 0.05) is 55.1 Å². The fourth-order valence-corrected chi connectivity index (χ4v) is 11.2. The van der Waals surface area contributed by atoms with Crippen molar-refractivity contribution < 1.29 is 8.83 Å². The lowest BCUT2D eigenvalue weighted by Crippen LogP contribution is -2.10. The number of rotatable bonds is 6. The van der Waals surface area contributed by atoms with Gasteiger partial charge in [0.25, 0.3) is 0 Å². The zero-order valence-corrected chi connectivity index (χ0v) is 37.8. The second-order valence-corrected chi connectivity index (χ2v) is 18.5. The average molecular weight is 893 g/mol. The van der Waals surface area contributed by atoms with Gasteiger partial charge in [-0.25, -0.2) is 0 Å². The summed E-state index contributed by atoms with van der Waals surface area (Å²) in [6.07, 6.45) is 0. The molecule has 0 saturated carbocycles. The summed E-state index contributed by atoms with van der Waals surface area (Å²) in [6.45, 7) is 0. The highest BCUT2D eigenvalue weighted by Gasteiger charge is 2.21. The second-order valence-electron chi connectivity index (χ2n) is 18.5. The van der Waals surface area contributed by atoms with Gasteiger partial charge in [0.15, 0.2) is 0 Å². The topological polar surface area (TPSA) is 32.8 Å². The molecule has 0 N–H and O–H groups in total. The van der Waals surface area contributed by atoms with Crippen LogP contribution in [0, 0.1) is 0 Å². The highest BCUT2D eigenvalue weighted by Crippen LogP contribution is 2.46. The maximum absolute atomic E-state index is 6.77. The minimum atomic E-state index is 0.839. The highest BCUT2D eigenvalue weighted by atomic mass is 16.3. The number of hydrogen-bond acceptors (Lipinski definition) is 4. The van der Waals surface area contributed by atoms with Crippen molar-refractivity contribution in [1.82, 2.24) is 0 Å². The molecule has 0 saturated heterocycles. The van der Waals surface area contributed by atoms with Crippen LogP contribution in [0.15, 0.2) is 251 Å². The van der Waals surface area contributed by atoms with E-state index in [1.54, 1.807) is 0 Å². The number of hydrogen-bond donors (Lipinski definition) is 0. The van der Waals surface area contributed by atoms with Gasteiger partial charge in [-0.1, -0.05) is 146 Å². The number of nitrogens with zero attached hydrogens (tertiary/aromatic N) is 2. The molecule has 4 nitrogen and oxygen atoms in total. The Labute approximate surface area is 402 Å². The first-order chi connectivity index (χ1) is 34.7. The standard InChI is InChI=1S/C66H40N2O2/c1-3-17-49(18-4-1)67(59-23-11-15-43-27-25-41-13-7-9-21-53(41)65(43)59)51-31-29-45-35-55-57-39-64-58(40-63(57)69-61(55)37-47(45)33-51)56-36-46-30-32-52(34-48(46)38-62(56)70-64)68(50-19-5-2-6-20-50)60-24-12-16-44-28-26-42-14-8-10-22-54(42)66(44)60/h1-40H. The summed E-state index contributed by atoms with van der Waals surface area (Å²) in [5.74, 6) is 0. The van der Waals surface area contributed by atoms with E-state index in [0.29, 0.717) is 0 Å². The molecule has 0 radical (unpaired) electrons. The van der Waals surface area contributed by atoms with E-state index < -0.39 is 0 Å². The van der Waals surface area contributed by atoms with Gasteiger partial charge in [0.05, 0.1) is 11.4 Å². The van der Waals surface area contributed by atoms with Crippen LogP contribution in [-0.2, 0) is 0 Å². The van der Waals surface area contributed by atoms with E-state index in [-0.39, 0.29) is 0 Å². The lowest BCUT2D eigenvalue weighted by atomic mass is 9.99. The summed E-state index contributed by atoms with van der Waals surface area (Å²) in [7, 11) is 0. The molecule has 0 aliphatic rings. The molecule has 0 spiro atoms. The van der Waals surface area contributed by atoms with Crippen LogP contribution in [0.3, 0.4) is 0 Å². The van der Waals surface area contributed by atoms with E-state index in [2.05, 4.69) is 252 Å². The molecule has 2 heterocycles. The van der Waals surface area contributed by atoms with Crippen molar-refractivity contribution in [3.8, 4) is 0 Å². The van der Waals surface area contributed by atoms with Gasteiger partial charge in [-0.05, 0) is 151 Å². The molecule has 70 heavy (non-hydrogen) atoms. The number of anilines is 6. The molecule has 0 atom stereocenters. The maximum atomic E-state index is 6.77. The Morgan fingerprint density at radius 3 is 1.06 bits per heavy atom. The molecule has 13 aromatic carbocycles. The molecule has 0 aliphatic heterocycles. The van der Waals surface area contributed by atoms with Gasteiger partial charge in [0.2, 0.25) is 0 Å². The largest absolute Gasteiger partial charge is 0.456 e. The first-order valence-electron chi connectivity index (χ1n) is 23.9. The third-order valence-corrected chi connectivity index (χ3v) is 14.5. The summed E-state index contributed by atoms with van der Waals surface area (Å²) in [5.41, 5.74) is 9.99. The van der Waals surface area contributed by atoms with Crippen molar-refractivity contribution in [3.05, 3.63) is 243 Å². The van der Waals surface area contributed by atoms with E-state index in [0.717, 1.165) is 99.5 Å². The molecule has 2 aromatic heterocycles. The zero-order valence-electron chi connectivity index (χ0n) is 37.8. The molecule has 0 aliphatic carbocycles. The predicted molar refractivity (Wildman–Crippen MR) is 295 cm³/mol. The summed E-state index contributed by atoms with van der Waals surface area (Å²) >= 11 is 0. The van der Waals surface area contributed by atoms with Crippen molar-refractivity contribution in [2.45, 2.75) is 0 Å². The molecule has 4 heteroatoms. The molecule has 0 bridgehead atoms. The molecule has 15 aromatic rings. The fraction of sp³-hybridized carbons (Fsp3) is 0. The van der Waals surface area contributed by atoms with Crippen LogP contribution in [0.4, 0.5) is 34.1 Å². The Hall–Kier alpha value is -9.38. The molecular formula is C66H40N2O2. The van der Waals surface area contributed by atoms with E-state index >= 15 is 0 Å². The van der Waals surface area contributed by atoms with Gasteiger partial charge in [0.1, 0.15) is 22.3 Å². The lowest BCUT2D eigenvalue weighted by Gasteiger charge is -2.27. The Morgan fingerprint density at radius 2 is 0.586 bits per heavy atom. The van der Waals surface area contributed by atoms with Gasteiger partial charge in [-0.3, -0.25) is 0 Å². The fourth-order valence-electron chi connectivity index (χ4n) is 11.2. The lowest BCUT2D eigenvalue weighted by molar-refractivity contribution is 0.664. The Balaban J connectivity index is 0.844. The van der Waals surface area contributed by atoms with Crippen LogP contribution in [0.2, 0.25) is 0 Å². The average Bonchev–Trinajstić information content (AvgIpc) is 3.94. The monoisotopic (exact) mass is 892 g/mol. The van der Waals surface area contributed by atoms with E-state index in [9.17, 15) is 0 Å². The van der Waals surface area contributed by atoms with Crippen LogP contribution in [0.1, 0.15) is 0 Å². The maximum Gasteiger partial charge on any atom is 0.136 e. The first-order valence-corrected chi connectivity index (χ1v) is 23.9. The van der Waals surface area contributed by atoms with Crippen LogP contribution in [0.5, 0.6) is 0 Å². The molecule has 0 amide bonds. The van der Waals surface area contributed by atoms with Gasteiger partial charge in [-0.2, -0.15) is 0 Å². The van der Waals surface area contributed by atoms with Crippen LogP contribution in [0.25, 0.3) is 109 Å². The van der Waals surface area contributed by atoms with Crippen molar-refractivity contribution in [2.75, 3.05) is 9.80 Å². The van der Waals surface area contributed by atoms with Gasteiger partial charge < -0.3 is 18.6 Å². The first kappa shape index (κ1) is 38.7. The Bertz CT molecular complexity index is 4310. The SMILES string of the molecule is c1ccc(N(c2ccc3cc4c(cc3c2)oc2cc3c(cc24)oc2cc4cc(N(c5ccccc5)c5cccc6ccc7ccccc7c56)ccc4cc23)c2cccc3ccc4ccccc4c23)cc1.